The lowest BCUT2D eigenvalue weighted by atomic mass is 9.94. The van der Waals surface area contributed by atoms with Crippen molar-refractivity contribution in [1.29, 1.82) is 0 Å². The Morgan fingerprint density at radius 2 is 1.04 bits per heavy atom. The van der Waals surface area contributed by atoms with E-state index in [1.165, 1.54) is 46.6 Å². The maximum absolute atomic E-state index is 5.83. The highest BCUT2D eigenvalue weighted by Gasteiger charge is 2.59. The third kappa shape index (κ3) is 3.06. The van der Waals surface area contributed by atoms with Gasteiger partial charge in [-0.05, 0) is 71.9 Å². The Kier molecular flexibility index (Phi) is 4.94. The van der Waals surface area contributed by atoms with Gasteiger partial charge in [-0.2, -0.15) is 0 Å². The van der Waals surface area contributed by atoms with Gasteiger partial charge < -0.3 is 8.83 Å². The van der Waals surface area contributed by atoms with Gasteiger partial charge in [0.05, 0.1) is 32.4 Å². The van der Waals surface area contributed by atoms with E-state index in [0.29, 0.717) is 0 Å². The molecule has 2 aliphatic carbocycles. The van der Waals surface area contributed by atoms with Crippen LogP contribution in [0.2, 0.25) is 13.1 Å². The van der Waals surface area contributed by atoms with Crippen LogP contribution in [0.4, 0.5) is 0 Å². The molecular weight excluding hydrogens is 348 g/mol. The van der Waals surface area contributed by atoms with E-state index in [0.717, 1.165) is 11.5 Å². The molecule has 2 heterocycles. The molecule has 2 nitrogen and oxygen atoms in total. The largest absolute Gasteiger partial charge is 0.469 e. The van der Waals surface area contributed by atoms with E-state index in [2.05, 4.69) is 65.8 Å². The van der Waals surface area contributed by atoms with Crippen molar-refractivity contribution in [3.8, 4) is 0 Å². The molecule has 3 heteroatoms. The summed E-state index contributed by atoms with van der Waals surface area (Å²) in [6.45, 7) is 13.8. The van der Waals surface area contributed by atoms with Crippen molar-refractivity contribution in [2.75, 3.05) is 0 Å². The summed E-state index contributed by atoms with van der Waals surface area (Å²) in [5.74, 6) is 9.79. The molecule has 4 rings (SSSR count). The third-order valence-electron chi connectivity index (χ3n) is 5.73. The molecule has 138 valence electrons. The second-order valence-corrected chi connectivity index (χ2v) is 12.4. The van der Waals surface area contributed by atoms with Gasteiger partial charge in [0.15, 0.2) is 0 Å². The van der Waals surface area contributed by atoms with Crippen LogP contribution in [0.3, 0.4) is 0 Å². The Bertz CT molecular complexity index is 670. The van der Waals surface area contributed by atoms with Crippen LogP contribution in [0.25, 0.3) is 0 Å². The Hall–Kier alpha value is -1.22. The van der Waals surface area contributed by atoms with Crippen molar-refractivity contribution >= 4 is 8.07 Å². The van der Waals surface area contributed by atoms with E-state index in [9.17, 15) is 0 Å². The Labute approximate surface area is 165 Å². The highest BCUT2D eigenvalue weighted by atomic mass is 28.3. The maximum Gasteiger partial charge on any atom is 0.111 e. The summed E-state index contributed by atoms with van der Waals surface area (Å²) in [7, 11) is -2.02. The Morgan fingerprint density at radius 1 is 0.630 bits per heavy atom. The van der Waals surface area contributed by atoms with Gasteiger partial charge in [0.2, 0.25) is 0 Å². The summed E-state index contributed by atoms with van der Waals surface area (Å²) in [6.07, 6.45) is 8.14. The average molecular weight is 375 g/mol. The maximum atomic E-state index is 5.83. The summed E-state index contributed by atoms with van der Waals surface area (Å²) >= 11 is 0. The normalized spacial score (nSPS) is 23.9. The minimum atomic E-state index is -2.02. The van der Waals surface area contributed by atoms with E-state index >= 15 is 0 Å². The first-order valence-electron chi connectivity index (χ1n) is 9.45. The standard InChI is InChI=1S/C24H26O2Si/c1-15-13-17(3)23(21(15)19-9-7-11-25-19)27(5,6)24-18(4)14-16(2)22(24)20-10-8-12-26-20/h7-14H,1-6H3. The molecule has 0 spiro atoms. The summed E-state index contributed by atoms with van der Waals surface area (Å²) in [5, 5.41) is 0. The van der Waals surface area contributed by atoms with Crippen molar-refractivity contribution in [2.24, 2.45) is 0 Å². The molecule has 2 fully saturated rings. The predicted molar refractivity (Wildman–Crippen MR) is 110 cm³/mol. The summed E-state index contributed by atoms with van der Waals surface area (Å²) in [4.78, 5) is 0. The van der Waals surface area contributed by atoms with Crippen molar-refractivity contribution in [3.63, 3.8) is 0 Å². The van der Waals surface area contributed by atoms with Crippen LogP contribution < -0.4 is 0 Å². The van der Waals surface area contributed by atoms with Gasteiger partial charge in [-0.3, -0.25) is 0 Å². The van der Waals surface area contributed by atoms with Gasteiger partial charge in [-0.15, -0.1) is 0 Å². The molecule has 0 unspecified atom stereocenters. The monoisotopic (exact) mass is 374 g/mol. The highest BCUT2D eigenvalue weighted by molar-refractivity contribution is 6.90. The van der Waals surface area contributed by atoms with Crippen LogP contribution in [-0.4, -0.2) is 8.07 Å². The van der Waals surface area contributed by atoms with Crippen LogP contribution in [0.1, 0.15) is 39.2 Å². The van der Waals surface area contributed by atoms with Crippen molar-refractivity contribution in [3.05, 3.63) is 108 Å². The molecule has 2 aromatic rings. The van der Waals surface area contributed by atoms with Crippen LogP contribution in [0.15, 0.2) is 45.6 Å². The van der Waals surface area contributed by atoms with Crippen LogP contribution >= 0.6 is 0 Å². The molecule has 0 N–H and O–H groups in total. The molecular formula is C24H26O2Si. The van der Waals surface area contributed by atoms with Crippen LogP contribution in [0, 0.1) is 59.4 Å². The SMILES string of the molecule is C[C]1[CH][C](C)[C]([Si](C)(C)[C]2[C](C)[CH][C](C)[C]2c2ccco2)[C]1c1ccco1. The lowest BCUT2D eigenvalue weighted by Crippen LogP contribution is -2.48. The topological polar surface area (TPSA) is 26.3 Å². The molecule has 2 aliphatic rings. The zero-order valence-corrected chi connectivity index (χ0v) is 17.9. The lowest BCUT2D eigenvalue weighted by molar-refractivity contribution is 0.526. The fourth-order valence-corrected chi connectivity index (χ4v) is 9.20. The minimum absolute atomic E-state index is 0.969. The van der Waals surface area contributed by atoms with E-state index < -0.39 is 8.07 Å². The van der Waals surface area contributed by atoms with E-state index in [1.807, 2.05) is 12.1 Å². The minimum Gasteiger partial charge on any atom is -0.469 e. The quantitative estimate of drug-likeness (QED) is 0.598. The summed E-state index contributed by atoms with van der Waals surface area (Å²) in [6, 6.07) is 8.10. The fraction of sp³-hybridized carbons (Fsp3) is 0.250. The second kappa shape index (κ2) is 6.99. The zero-order valence-electron chi connectivity index (χ0n) is 16.9. The number of hydrogen-bond acceptors (Lipinski definition) is 2. The lowest BCUT2D eigenvalue weighted by Gasteiger charge is -2.43. The molecule has 2 aromatic heterocycles. The highest BCUT2D eigenvalue weighted by Crippen LogP contribution is 2.62. The molecule has 0 saturated heterocycles. The van der Waals surface area contributed by atoms with Crippen molar-refractivity contribution < 1.29 is 8.83 Å². The molecule has 2 saturated carbocycles. The Balaban J connectivity index is 1.74. The molecule has 0 amide bonds. The van der Waals surface area contributed by atoms with E-state index in [-0.39, 0.29) is 0 Å². The van der Waals surface area contributed by atoms with Crippen LogP contribution in [-0.2, 0) is 0 Å². The third-order valence-corrected chi connectivity index (χ3v) is 9.52. The van der Waals surface area contributed by atoms with Gasteiger partial charge in [0.25, 0.3) is 0 Å². The molecule has 10 radical (unpaired) electrons. The van der Waals surface area contributed by atoms with Gasteiger partial charge in [-0.1, -0.05) is 40.8 Å². The smallest absolute Gasteiger partial charge is 0.111 e. The summed E-state index contributed by atoms with van der Waals surface area (Å²) < 4.78 is 11.7. The Morgan fingerprint density at radius 3 is 1.37 bits per heavy atom. The summed E-state index contributed by atoms with van der Waals surface area (Å²) in [5.41, 5.74) is 2.94. The zero-order chi connectivity index (χ0) is 19.3. The fourth-order valence-electron chi connectivity index (χ4n) is 4.94. The first-order chi connectivity index (χ1) is 12.8. The van der Waals surface area contributed by atoms with Crippen LogP contribution in [0.5, 0.6) is 0 Å². The van der Waals surface area contributed by atoms with Gasteiger partial charge in [-0.25, -0.2) is 0 Å². The van der Waals surface area contributed by atoms with Gasteiger partial charge >= 0.3 is 0 Å². The van der Waals surface area contributed by atoms with Crippen molar-refractivity contribution in [2.45, 2.75) is 40.8 Å². The van der Waals surface area contributed by atoms with E-state index in [1.54, 1.807) is 12.5 Å². The van der Waals surface area contributed by atoms with Gasteiger partial charge in [0, 0.05) is 0 Å². The first kappa shape index (κ1) is 19.1. The average Bonchev–Trinajstić information content (AvgIpc) is 3.34. The molecule has 0 aromatic carbocycles. The molecule has 27 heavy (non-hydrogen) atoms. The van der Waals surface area contributed by atoms with E-state index in [4.69, 9.17) is 8.83 Å². The number of hydrogen-bond donors (Lipinski definition) is 0. The van der Waals surface area contributed by atoms with Gasteiger partial charge in [0.1, 0.15) is 11.5 Å². The number of furan rings is 2. The predicted octanol–water partition coefficient (Wildman–Crippen LogP) is 6.17. The van der Waals surface area contributed by atoms with Crippen molar-refractivity contribution in [1.82, 2.24) is 0 Å². The second-order valence-electron chi connectivity index (χ2n) is 8.10. The molecule has 0 atom stereocenters. The number of rotatable bonds is 4. The molecule has 0 aliphatic heterocycles. The molecule has 0 bridgehead atoms. The first-order valence-corrected chi connectivity index (χ1v) is 12.4.